The van der Waals surface area contributed by atoms with Crippen molar-refractivity contribution in [3.63, 3.8) is 0 Å². The van der Waals surface area contributed by atoms with Crippen molar-refractivity contribution in [2.75, 3.05) is 19.5 Å². The van der Waals surface area contributed by atoms with Crippen LogP contribution in [-0.2, 0) is 12.8 Å². The number of pyridine rings is 1. The maximum atomic E-state index is 12.6. The van der Waals surface area contributed by atoms with E-state index in [0.29, 0.717) is 17.9 Å². The summed E-state index contributed by atoms with van der Waals surface area (Å²) < 4.78 is 16.5. The Kier molecular flexibility index (Phi) is 6.51. The van der Waals surface area contributed by atoms with Crippen molar-refractivity contribution < 1.29 is 18.7 Å². The van der Waals surface area contributed by atoms with Gasteiger partial charge >= 0.3 is 0 Å². The molecule has 0 atom stereocenters. The fourth-order valence-corrected chi connectivity index (χ4v) is 3.44. The van der Waals surface area contributed by atoms with Gasteiger partial charge in [0.1, 0.15) is 17.3 Å². The molecule has 0 spiro atoms. The van der Waals surface area contributed by atoms with Crippen LogP contribution in [0, 0.1) is 0 Å². The first-order chi connectivity index (χ1) is 15.6. The molecule has 0 saturated carbocycles. The zero-order valence-electron chi connectivity index (χ0n) is 18.0. The highest BCUT2D eigenvalue weighted by molar-refractivity contribution is 6.02. The van der Waals surface area contributed by atoms with Gasteiger partial charge in [-0.3, -0.25) is 9.78 Å². The van der Waals surface area contributed by atoms with Gasteiger partial charge in [-0.1, -0.05) is 12.1 Å². The van der Waals surface area contributed by atoms with Crippen LogP contribution in [0.15, 0.2) is 83.5 Å². The minimum atomic E-state index is -0.296. The average Bonchev–Trinajstić information content (AvgIpc) is 3.29. The molecule has 2 aromatic carbocycles. The molecule has 162 valence electrons. The van der Waals surface area contributed by atoms with E-state index in [-0.39, 0.29) is 11.7 Å². The van der Waals surface area contributed by atoms with Crippen LogP contribution >= 0.6 is 0 Å². The summed E-state index contributed by atoms with van der Waals surface area (Å²) in [5.74, 6) is 2.09. The second kappa shape index (κ2) is 9.83. The molecule has 0 radical (unpaired) electrons. The van der Waals surface area contributed by atoms with Crippen LogP contribution in [0.3, 0.4) is 0 Å². The summed E-state index contributed by atoms with van der Waals surface area (Å²) in [4.78, 5) is 16.7. The lowest BCUT2D eigenvalue weighted by Crippen LogP contribution is -2.10. The number of rotatable bonds is 8. The third kappa shape index (κ3) is 5.16. The number of benzene rings is 2. The first-order valence-electron chi connectivity index (χ1n) is 10.2. The van der Waals surface area contributed by atoms with E-state index in [1.807, 2.05) is 54.6 Å². The van der Waals surface area contributed by atoms with Gasteiger partial charge in [0, 0.05) is 30.1 Å². The average molecular weight is 428 g/mol. The monoisotopic (exact) mass is 428 g/mol. The second-order valence-electron chi connectivity index (χ2n) is 7.30. The summed E-state index contributed by atoms with van der Waals surface area (Å²) in [6.45, 7) is 0. The summed E-state index contributed by atoms with van der Waals surface area (Å²) >= 11 is 0. The molecule has 0 aliphatic carbocycles. The number of carbonyl (C=O) groups is 1. The molecular weight excluding hydrogens is 404 g/mol. The van der Waals surface area contributed by atoms with Crippen LogP contribution in [0.4, 0.5) is 5.69 Å². The number of ether oxygens (including phenoxy) is 2. The van der Waals surface area contributed by atoms with Crippen LogP contribution in [0.2, 0.25) is 0 Å². The first-order valence-corrected chi connectivity index (χ1v) is 10.2. The Morgan fingerprint density at radius 2 is 1.62 bits per heavy atom. The summed E-state index contributed by atoms with van der Waals surface area (Å²) in [5, 5.41) is 2.88. The summed E-state index contributed by atoms with van der Waals surface area (Å²) in [6, 6.07) is 20.8. The van der Waals surface area contributed by atoms with Gasteiger partial charge in [0.15, 0.2) is 5.76 Å². The smallest absolute Gasteiger partial charge is 0.291 e. The van der Waals surface area contributed by atoms with Crippen LogP contribution in [0.25, 0.3) is 0 Å². The van der Waals surface area contributed by atoms with Gasteiger partial charge in [-0.25, -0.2) is 0 Å². The molecule has 0 unspecified atom stereocenters. The zero-order chi connectivity index (χ0) is 22.3. The quantitative estimate of drug-likeness (QED) is 0.421. The summed E-state index contributed by atoms with van der Waals surface area (Å²) in [7, 11) is 3.24. The lowest BCUT2D eigenvalue weighted by Gasteiger charge is -2.09. The molecule has 0 bridgehead atoms. The highest BCUT2D eigenvalue weighted by Gasteiger charge is 2.14. The predicted octanol–water partition coefficient (Wildman–Crippen LogP) is 5.13. The number of anilines is 1. The molecule has 1 amide bonds. The lowest BCUT2D eigenvalue weighted by atomic mass is 10.1. The molecule has 1 N–H and O–H groups in total. The minimum Gasteiger partial charge on any atom is -0.497 e. The molecule has 32 heavy (non-hydrogen) atoms. The molecular formula is C26H24N2O4. The first kappa shape index (κ1) is 21.2. The summed E-state index contributed by atoms with van der Waals surface area (Å²) in [6.07, 6.45) is 4.86. The third-order valence-electron chi connectivity index (χ3n) is 5.11. The maximum Gasteiger partial charge on any atom is 0.291 e. The normalized spacial score (nSPS) is 10.6. The standard InChI is InChI=1S/C26H24N2O4/c1-30-22-7-9-24(31-2)20(16-22)17-23-8-10-25(32-23)26(29)28-21-5-3-18(4-6-21)15-19-11-13-27-14-12-19/h3-14,16H,15,17H2,1-2H3,(H,28,29). The number of aromatic nitrogens is 1. The number of furan rings is 1. The van der Waals surface area contributed by atoms with E-state index < -0.39 is 0 Å². The number of methoxy groups -OCH3 is 2. The fraction of sp³-hybridized carbons (Fsp3) is 0.154. The van der Waals surface area contributed by atoms with Crippen molar-refractivity contribution in [2.24, 2.45) is 0 Å². The molecule has 6 heteroatoms. The Morgan fingerprint density at radius 3 is 2.34 bits per heavy atom. The number of amides is 1. The Morgan fingerprint density at radius 1 is 0.875 bits per heavy atom. The van der Waals surface area contributed by atoms with Gasteiger partial charge in [-0.15, -0.1) is 0 Å². The van der Waals surface area contributed by atoms with E-state index in [1.54, 1.807) is 38.7 Å². The molecule has 2 aromatic heterocycles. The SMILES string of the molecule is COc1ccc(OC)c(Cc2ccc(C(=O)Nc3ccc(Cc4ccncc4)cc3)o2)c1. The molecule has 2 heterocycles. The van der Waals surface area contributed by atoms with Crippen molar-refractivity contribution in [3.8, 4) is 11.5 Å². The van der Waals surface area contributed by atoms with E-state index in [1.165, 1.54) is 5.56 Å². The third-order valence-corrected chi connectivity index (χ3v) is 5.11. The van der Waals surface area contributed by atoms with Gasteiger partial charge in [0.05, 0.1) is 14.2 Å². The van der Waals surface area contributed by atoms with E-state index in [0.717, 1.165) is 29.0 Å². The van der Waals surface area contributed by atoms with Gasteiger partial charge in [-0.2, -0.15) is 0 Å². The Labute approximate surface area is 186 Å². The predicted molar refractivity (Wildman–Crippen MR) is 122 cm³/mol. The molecule has 0 fully saturated rings. The summed E-state index contributed by atoms with van der Waals surface area (Å²) in [5.41, 5.74) is 3.97. The van der Waals surface area contributed by atoms with Crippen molar-refractivity contribution in [2.45, 2.75) is 12.8 Å². The molecule has 6 nitrogen and oxygen atoms in total. The highest BCUT2D eigenvalue weighted by Crippen LogP contribution is 2.27. The van der Waals surface area contributed by atoms with E-state index >= 15 is 0 Å². The van der Waals surface area contributed by atoms with Crippen molar-refractivity contribution in [3.05, 3.63) is 107 Å². The van der Waals surface area contributed by atoms with E-state index in [9.17, 15) is 4.79 Å². The molecule has 4 aromatic rings. The number of nitrogens with one attached hydrogen (secondary N) is 1. The number of carbonyl (C=O) groups excluding carboxylic acids is 1. The van der Waals surface area contributed by atoms with Crippen LogP contribution < -0.4 is 14.8 Å². The zero-order valence-corrected chi connectivity index (χ0v) is 18.0. The topological polar surface area (TPSA) is 73.6 Å². The van der Waals surface area contributed by atoms with Gasteiger partial charge < -0.3 is 19.2 Å². The fourth-order valence-electron chi connectivity index (χ4n) is 3.44. The molecule has 0 saturated heterocycles. The van der Waals surface area contributed by atoms with Gasteiger partial charge in [-0.05, 0) is 72.1 Å². The molecule has 0 aliphatic rings. The molecule has 4 rings (SSSR count). The van der Waals surface area contributed by atoms with E-state index in [4.69, 9.17) is 13.9 Å². The van der Waals surface area contributed by atoms with Crippen molar-refractivity contribution >= 4 is 11.6 Å². The van der Waals surface area contributed by atoms with Crippen molar-refractivity contribution in [1.82, 2.24) is 4.98 Å². The Hall–Kier alpha value is -4.06. The van der Waals surface area contributed by atoms with Crippen molar-refractivity contribution in [1.29, 1.82) is 0 Å². The largest absolute Gasteiger partial charge is 0.497 e. The van der Waals surface area contributed by atoms with Crippen LogP contribution in [-0.4, -0.2) is 25.1 Å². The van der Waals surface area contributed by atoms with Crippen LogP contribution in [0.1, 0.15) is 33.0 Å². The number of hydrogen-bond donors (Lipinski definition) is 1. The molecule has 0 aliphatic heterocycles. The Bertz CT molecular complexity index is 1180. The second-order valence-corrected chi connectivity index (χ2v) is 7.30. The minimum absolute atomic E-state index is 0.253. The lowest BCUT2D eigenvalue weighted by molar-refractivity contribution is 0.0995. The highest BCUT2D eigenvalue weighted by atomic mass is 16.5. The Balaban J connectivity index is 1.40. The number of hydrogen-bond acceptors (Lipinski definition) is 5. The van der Waals surface area contributed by atoms with Gasteiger partial charge in [0.2, 0.25) is 0 Å². The van der Waals surface area contributed by atoms with Crippen LogP contribution in [0.5, 0.6) is 11.5 Å². The van der Waals surface area contributed by atoms with Gasteiger partial charge in [0.25, 0.3) is 5.91 Å². The number of nitrogens with zero attached hydrogens (tertiary/aromatic N) is 1. The maximum absolute atomic E-state index is 12.6. The van der Waals surface area contributed by atoms with E-state index in [2.05, 4.69) is 10.3 Å².